The molecule has 0 aliphatic carbocycles. The Kier molecular flexibility index (Phi) is 10.8. The van der Waals surface area contributed by atoms with Gasteiger partial charge in [-0.05, 0) is 87.6 Å². The van der Waals surface area contributed by atoms with E-state index in [2.05, 4.69) is 42.7 Å². The highest BCUT2D eigenvalue weighted by atomic mass is 32.1. The largest absolute Gasteiger partial charge is 0.493 e. The maximum atomic E-state index is 12.6. The van der Waals surface area contributed by atoms with E-state index in [0.717, 1.165) is 12.0 Å². The van der Waals surface area contributed by atoms with E-state index >= 15 is 0 Å². The van der Waals surface area contributed by atoms with E-state index in [-0.39, 0.29) is 5.97 Å². The fourth-order valence-corrected chi connectivity index (χ4v) is 3.42. The molecular formula is C27H39N3O4S. The van der Waals surface area contributed by atoms with Crippen LogP contribution in [-0.4, -0.2) is 37.6 Å². The molecule has 0 aliphatic heterocycles. The topological polar surface area (TPSA) is 94.8 Å². The van der Waals surface area contributed by atoms with Crippen molar-refractivity contribution in [2.24, 2.45) is 11.1 Å². The van der Waals surface area contributed by atoms with Gasteiger partial charge in [-0.1, -0.05) is 24.3 Å². The van der Waals surface area contributed by atoms with Gasteiger partial charge in [-0.25, -0.2) is 0 Å². The Morgan fingerprint density at radius 3 is 2.40 bits per heavy atom. The summed E-state index contributed by atoms with van der Waals surface area (Å²) in [5.74, 6) is 0.987. The van der Waals surface area contributed by atoms with Crippen molar-refractivity contribution in [3.8, 4) is 11.5 Å². The van der Waals surface area contributed by atoms with Crippen LogP contribution in [0.15, 0.2) is 36.4 Å². The molecule has 0 bridgehead atoms. The number of rotatable bonds is 11. The maximum Gasteiger partial charge on any atom is 0.313 e. The standard InChI is InChI=1S/C27H39N3O4S/c1-18-7-8-20(15-19(18)2)10-12-24(34-25(31)27(3,4)5)30-26(35)29-17-21-9-11-22(33-14-13-28)23(16-21)32-6/h7-9,11,15-16,24H,10,12-14,17,28H2,1-6H3,(H2,29,30,35). The molecule has 4 N–H and O–H groups in total. The second-order valence-electron chi connectivity index (χ2n) is 9.55. The zero-order valence-electron chi connectivity index (χ0n) is 21.7. The summed E-state index contributed by atoms with van der Waals surface area (Å²) in [6, 6.07) is 12.1. The lowest BCUT2D eigenvalue weighted by Gasteiger charge is -2.25. The lowest BCUT2D eigenvalue weighted by atomic mass is 9.97. The van der Waals surface area contributed by atoms with E-state index in [9.17, 15) is 4.79 Å². The molecule has 2 aromatic rings. The predicted molar refractivity (Wildman–Crippen MR) is 144 cm³/mol. The van der Waals surface area contributed by atoms with Crippen LogP contribution < -0.4 is 25.8 Å². The highest BCUT2D eigenvalue weighted by molar-refractivity contribution is 7.80. The number of methoxy groups -OCH3 is 1. The molecule has 0 aromatic heterocycles. The highest BCUT2D eigenvalue weighted by Crippen LogP contribution is 2.28. The first-order valence-electron chi connectivity index (χ1n) is 11.8. The number of thiocarbonyl (C=S) groups is 1. The summed E-state index contributed by atoms with van der Waals surface area (Å²) < 4.78 is 16.8. The van der Waals surface area contributed by atoms with Gasteiger partial charge in [0.05, 0.1) is 12.5 Å². The van der Waals surface area contributed by atoms with Gasteiger partial charge in [0.15, 0.2) is 22.8 Å². The van der Waals surface area contributed by atoms with Crippen molar-refractivity contribution in [1.82, 2.24) is 10.6 Å². The van der Waals surface area contributed by atoms with Gasteiger partial charge in [-0.3, -0.25) is 4.79 Å². The lowest BCUT2D eigenvalue weighted by Crippen LogP contribution is -2.45. The third kappa shape index (κ3) is 9.38. The number of carbonyl (C=O) groups excluding carboxylic acids is 1. The average Bonchev–Trinajstić information content (AvgIpc) is 2.81. The van der Waals surface area contributed by atoms with Gasteiger partial charge in [-0.2, -0.15) is 0 Å². The van der Waals surface area contributed by atoms with E-state index in [1.54, 1.807) is 7.11 Å². The Labute approximate surface area is 214 Å². The molecule has 7 nitrogen and oxygen atoms in total. The minimum atomic E-state index is -0.611. The van der Waals surface area contributed by atoms with Crippen LogP contribution in [0, 0.1) is 19.3 Å². The lowest BCUT2D eigenvalue weighted by molar-refractivity contribution is -0.159. The minimum Gasteiger partial charge on any atom is -0.493 e. The molecule has 0 aliphatic rings. The Morgan fingerprint density at radius 1 is 1.06 bits per heavy atom. The number of nitrogens with one attached hydrogen (secondary N) is 2. The van der Waals surface area contributed by atoms with Crippen molar-refractivity contribution in [1.29, 1.82) is 0 Å². The van der Waals surface area contributed by atoms with Crippen LogP contribution in [0.1, 0.15) is 49.4 Å². The number of nitrogens with two attached hydrogens (primary N) is 1. The van der Waals surface area contributed by atoms with Gasteiger partial charge in [-0.15, -0.1) is 0 Å². The number of hydrogen-bond acceptors (Lipinski definition) is 6. The molecule has 0 radical (unpaired) electrons. The summed E-state index contributed by atoms with van der Waals surface area (Å²) in [7, 11) is 1.59. The normalized spacial score (nSPS) is 12.0. The Bertz CT molecular complexity index is 1000. The van der Waals surface area contributed by atoms with Gasteiger partial charge in [0.1, 0.15) is 6.61 Å². The third-order valence-electron chi connectivity index (χ3n) is 5.48. The van der Waals surface area contributed by atoms with E-state index in [1.165, 1.54) is 16.7 Å². The van der Waals surface area contributed by atoms with Crippen LogP contribution in [0.25, 0.3) is 0 Å². The van der Waals surface area contributed by atoms with Gasteiger partial charge in [0.2, 0.25) is 0 Å². The smallest absolute Gasteiger partial charge is 0.313 e. The van der Waals surface area contributed by atoms with Crippen molar-refractivity contribution in [3.05, 3.63) is 58.7 Å². The average molecular weight is 502 g/mol. The van der Waals surface area contributed by atoms with E-state index < -0.39 is 11.6 Å². The summed E-state index contributed by atoms with van der Waals surface area (Å²) in [4.78, 5) is 12.6. The molecule has 8 heteroatoms. The monoisotopic (exact) mass is 501 g/mol. The zero-order valence-corrected chi connectivity index (χ0v) is 22.5. The summed E-state index contributed by atoms with van der Waals surface area (Å²) >= 11 is 5.51. The van der Waals surface area contributed by atoms with Crippen LogP contribution in [0.4, 0.5) is 0 Å². The zero-order chi connectivity index (χ0) is 26.0. The Morgan fingerprint density at radius 2 is 1.77 bits per heavy atom. The molecule has 1 atom stereocenters. The van der Waals surface area contributed by atoms with Crippen molar-refractivity contribution >= 4 is 23.3 Å². The number of esters is 1. The van der Waals surface area contributed by atoms with Crippen LogP contribution in [0.5, 0.6) is 11.5 Å². The number of ether oxygens (including phenoxy) is 3. The van der Waals surface area contributed by atoms with Gasteiger partial charge in [0, 0.05) is 19.5 Å². The predicted octanol–water partition coefficient (Wildman–Crippen LogP) is 4.16. The fourth-order valence-electron chi connectivity index (χ4n) is 3.21. The molecule has 0 heterocycles. The fraction of sp³-hybridized carbons (Fsp3) is 0.481. The molecule has 192 valence electrons. The molecule has 2 rings (SSSR count). The van der Waals surface area contributed by atoms with E-state index in [4.69, 9.17) is 32.2 Å². The van der Waals surface area contributed by atoms with Crippen LogP contribution in [-0.2, 0) is 22.5 Å². The number of hydrogen-bond donors (Lipinski definition) is 3. The number of aryl methyl sites for hydroxylation is 3. The summed E-state index contributed by atoms with van der Waals surface area (Å²) in [6.45, 7) is 11.0. The molecule has 0 fully saturated rings. The molecule has 0 spiro atoms. The maximum absolute atomic E-state index is 12.6. The minimum absolute atomic E-state index is 0.282. The molecular weight excluding hydrogens is 462 g/mol. The molecule has 2 aromatic carbocycles. The van der Waals surface area contributed by atoms with Crippen LogP contribution in [0.3, 0.4) is 0 Å². The Hall–Kier alpha value is -2.84. The van der Waals surface area contributed by atoms with Crippen molar-refractivity contribution in [2.75, 3.05) is 20.3 Å². The SMILES string of the molecule is COc1cc(CNC(=S)NC(CCc2ccc(C)c(C)c2)OC(=O)C(C)(C)C)ccc1OCCN. The first kappa shape index (κ1) is 28.4. The molecule has 35 heavy (non-hydrogen) atoms. The Balaban J connectivity index is 2.01. The molecule has 1 unspecified atom stereocenters. The molecule has 0 saturated carbocycles. The van der Waals surface area contributed by atoms with E-state index in [1.807, 2.05) is 39.0 Å². The van der Waals surface area contributed by atoms with Crippen molar-refractivity contribution in [2.45, 2.75) is 60.2 Å². The van der Waals surface area contributed by atoms with Gasteiger partial charge >= 0.3 is 5.97 Å². The van der Waals surface area contributed by atoms with Crippen molar-refractivity contribution in [3.63, 3.8) is 0 Å². The second-order valence-corrected chi connectivity index (χ2v) is 9.96. The van der Waals surface area contributed by atoms with Crippen molar-refractivity contribution < 1.29 is 19.0 Å². The highest BCUT2D eigenvalue weighted by Gasteiger charge is 2.26. The van der Waals surface area contributed by atoms with Crippen LogP contribution >= 0.6 is 12.2 Å². The number of benzene rings is 2. The summed E-state index contributed by atoms with van der Waals surface area (Å²) in [6.07, 6.45) is 0.790. The molecule has 0 amide bonds. The summed E-state index contributed by atoms with van der Waals surface area (Å²) in [5, 5.41) is 6.75. The molecule has 0 saturated heterocycles. The number of carbonyl (C=O) groups is 1. The second kappa shape index (κ2) is 13.3. The summed E-state index contributed by atoms with van der Waals surface area (Å²) in [5.41, 5.74) is 9.55. The van der Waals surface area contributed by atoms with E-state index in [0.29, 0.717) is 42.7 Å². The van der Waals surface area contributed by atoms with Gasteiger partial charge in [0.25, 0.3) is 0 Å². The first-order valence-corrected chi connectivity index (χ1v) is 12.3. The third-order valence-corrected chi connectivity index (χ3v) is 5.74. The first-order chi connectivity index (χ1) is 16.5. The quantitative estimate of drug-likeness (QED) is 0.240. The van der Waals surface area contributed by atoms with Gasteiger partial charge < -0.3 is 30.6 Å². The van der Waals surface area contributed by atoms with Crippen LogP contribution in [0.2, 0.25) is 0 Å².